The van der Waals surface area contributed by atoms with Crippen LogP contribution in [0.3, 0.4) is 0 Å². The molecule has 0 aliphatic carbocycles. The SMILES string of the molecule is CC(=O)NC1CN(C(C(=O)OC(c2ccccc2)c2ccccc2)=C(C)COC=O)C1=O.c1cc2cc(c1)O2. The van der Waals surface area contributed by atoms with Gasteiger partial charge in [-0.3, -0.25) is 14.4 Å². The van der Waals surface area contributed by atoms with Crippen LogP contribution in [0.1, 0.15) is 31.1 Å². The number of hydrogen-bond acceptors (Lipinski definition) is 7. The molecule has 2 bridgehead atoms. The summed E-state index contributed by atoms with van der Waals surface area (Å²) in [5, 5.41) is 2.54. The van der Waals surface area contributed by atoms with Crippen LogP contribution in [0.2, 0.25) is 0 Å². The molecule has 3 aliphatic rings. The Kier molecular flexibility index (Phi) is 8.73. The molecule has 39 heavy (non-hydrogen) atoms. The van der Waals surface area contributed by atoms with Gasteiger partial charge in [0.15, 0.2) is 6.10 Å². The van der Waals surface area contributed by atoms with Gasteiger partial charge >= 0.3 is 5.97 Å². The van der Waals surface area contributed by atoms with Crippen LogP contribution in [0.25, 0.3) is 0 Å². The Bertz CT molecular complexity index is 1310. The number of hydrogen-bond donors (Lipinski definition) is 1. The molecule has 0 radical (unpaired) electrons. The average molecular weight is 529 g/mol. The third kappa shape index (κ3) is 6.70. The van der Waals surface area contributed by atoms with Crippen molar-refractivity contribution in [3.05, 3.63) is 107 Å². The monoisotopic (exact) mass is 528 g/mol. The van der Waals surface area contributed by atoms with Crippen LogP contribution in [0.5, 0.6) is 11.5 Å². The molecule has 1 N–H and O–H groups in total. The van der Waals surface area contributed by atoms with E-state index in [4.69, 9.17) is 14.2 Å². The Morgan fingerprint density at radius 3 is 1.95 bits per heavy atom. The van der Waals surface area contributed by atoms with Crippen molar-refractivity contribution < 1.29 is 33.4 Å². The van der Waals surface area contributed by atoms with Gasteiger partial charge in [0.2, 0.25) is 5.91 Å². The van der Waals surface area contributed by atoms with Crippen LogP contribution in [0.15, 0.2) is 96.2 Å². The van der Waals surface area contributed by atoms with Gasteiger partial charge in [-0.25, -0.2) is 4.79 Å². The van der Waals surface area contributed by atoms with E-state index in [9.17, 15) is 19.2 Å². The quantitative estimate of drug-likeness (QED) is 0.152. The molecule has 1 fully saturated rings. The van der Waals surface area contributed by atoms with Crippen molar-refractivity contribution in [1.82, 2.24) is 10.2 Å². The highest BCUT2D eigenvalue weighted by Gasteiger charge is 2.43. The van der Waals surface area contributed by atoms with Crippen molar-refractivity contribution in [3.8, 4) is 11.5 Å². The fourth-order valence-electron chi connectivity index (χ4n) is 4.15. The van der Waals surface area contributed by atoms with Gasteiger partial charge in [0.05, 0.1) is 6.54 Å². The van der Waals surface area contributed by atoms with Gasteiger partial charge in [-0.05, 0) is 35.8 Å². The molecule has 9 nitrogen and oxygen atoms in total. The first-order chi connectivity index (χ1) is 18.9. The molecule has 3 aromatic carbocycles. The molecular formula is C30H28N2O7. The lowest BCUT2D eigenvalue weighted by atomic mass is 10.0. The van der Waals surface area contributed by atoms with Gasteiger partial charge in [-0.2, -0.15) is 0 Å². The second-order valence-electron chi connectivity index (χ2n) is 8.92. The van der Waals surface area contributed by atoms with E-state index in [0.29, 0.717) is 5.57 Å². The fourth-order valence-corrected chi connectivity index (χ4v) is 4.15. The number of carbonyl (C=O) groups is 4. The summed E-state index contributed by atoms with van der Waals surface area (Å²) in [4.78, 5) is 49.1. The number of likely N-dealkylation sites (tertiary alicyclic amines) is 1. The van der Waals surface area contributed by atoms with E-state index < -0.39 is 24.0 Å². The first kappa shape index (κ1) is 27.1. The molecule has 0 aromatic heterocycles. The molecule has 3 heterocycles. The van der Waals surface area contributed by atoms with E-state index in [1.165, 1.54) is 11.8 Å². The minimum atomic E-state index is -0.732. The van der Waals surface area contributed by atoms with Crippen molar-refractivity contribution >= 4 is 24.3 Å². The molecular weight excluding hydrogens is 500 g/mol. The zero-order valence-electron chi connectivity index (χ0n) is 21.5. The minimum Gasteiger partial charge on any atom is -0.463 e. The average Bonchev–Trinajstić information content (AvgIpc) is 2.95. The van der Waals surface area contributed by atoms with Crippen molar-refractivity contribution in [2.24, 2.45) is 0 Å². The molecule has 2 amide bonds. The lowest BCUT2D eigenvalue weighted by molar-refractivity contribution is -0.153. The molecule has 1 saturated heterocycles. The number of benzene rings is 3. The first-order valence-electron chi connectivity index (χ1n) is 12.3. The second-order valence-corrected chi connectivity index (χ2v) is 8.92. The molecule has 9 heteroatoms. The molecule has 1 atom stereocenters. The molecule has 0 spiro atoms. The molecule has 3 aliphatic heterocycles. The number of amides is 2. The summed E-state index contributed by atoms with van der Waals surface area (Å²) in [5.74, 6) is 0.457. The predicted molar refractivity (Wildman–Crippen MR) is 141 cm³/mol. The van der Waals surface area contributed by atoms with Crippen LogP contribution >= 0.6 is 0 Å². The molecule has 6 rings (SSSR count). The van der Waals surface area contributed by atoms with Crippen molar-refractivity contribution in [2.45, 2.75) is 26.0 Å². The maximum absolute atomic E-state index is 13.3. The van der Waals surface area contributed by atoms with E-state index in [0.717, 1.165) is 22.6 Å². The van der Waals surface area contributed by atoms with Gasteiger partial charge < -0.3 is 24.4 Å². The van der Waals surface area contributed by atoms with Gasteiger partial charge in [-0.1, -0.05) is 66.7 Å². The van der Waals surface area contributed by atoms with Gasteiger partial charge in [-0.15, -0.1) is 0 Å². The number of ether oxygens (including phenoxy) is 3. The molecule has 3 aromatic rings. The largest absolute Gasteiger partial charge is 0.463 e. The van der Waals surface area contributed by atoms with E-state index >= 15 is 0 Å². The topological polar surface area (TPSA) is 111 Å². The summed E-state index contributed by atoms with van der Waals surface area (Å²) < 4.78 is 15.7. The highest BCUT2D eigenvalue weighted by atomic mass is 16.5. The fraction of sp³-hybridized carbons (Fsp3) is 0.200. The van der Waals surface area contributed by atoms with Crippen LogP contribution in [0, 0.1) is 0 Å². The summed E-state index contributed by atoms with van der Waals surface area (Å²) >= 11 is 0. The number of fused-ring (bicyclic) bond motifs is 2. The second kappa shape index (κ2) is 12.6. The zero-order chi connectivity index (χ0) is 27.8. The van der Waals surface area contributed by atoms with E-state index in [1.54, 1.807) is 6.92 Å². The Hall–Kier alpha value is -4.92. The van der Waals surface area contributed by atoms with Crippen LogP contribution < -0.4 is 10.1 Å². The minimum absolute atomic E-state index is 0.00434. The summed E-state index contributed by atoms with van der Waals surface area (Å²) in [6.45, 7) is 3.10. The van der Waals surface area contributed by atoms with Crippen molar-refractivity contribution in [2.75, 3.05) is 13.2 Å². The number of nitrogens with zero attached hydrogens (tertiary/aromatic N) is 1. The van der Waals surface area contributed by atoms with Crippen molar-refractivity contribution in [1.29, 1.82) is 0 Å². The van der Waals surface area contributed by atoms with E-state index in [1.807, 2.05) is 84.9 Å². The molecule has 0 saturated carbocycles. The summed E-state index contributed by atoms with van der Waals surface area (Å²) in [6, 6.07) is 25.6. The summed E-state index contributed by atoms with van der Waals surface area (Å²) in [7, 11) is 0. The lowest BCUT2D eigenvalue weighted by Crippen LogP contribution is -2.64. The third-order valence-corrected chi connectivity index (χ3v) is 6.01. The van der Waals surface area contributed by atoms with E-state index in [2.05, 4.69) is 5.32 Å². The first-order valence-corrected chi connectivity index (χ1v) is 12.3. The van der Waals surface area contributed by atoms with Gasteiger partial charge in [0.25, 0.3) is 12.4 Å². The Labute approximate surface area is 226 Å². The third-order valence-electron chi connectivity index (χ3n) is 6.01. The van der Waals surface area contributed by atoms with Crippen molar-refractivity contribution in [3.63, 3.8) is 0 Å². The lowest BCUT2D eigenvalue weighted by Gasteiger charge is -2.39. The van der Waals surface area contributed by atoms with E-state index in [-0.39, 0.29) is 31.2 Å². The Morgan fingerprint density at radius 2 is 1.54 bits per heavy atom. The Balaban J connectivity index is 0.000000429. The standard InChI is InChI=1S/C24H24N2O6.C6H4O/c1-16(14-31-15-27)21(26-13-20(23(26)29)25-17(2)28)24(30)32-22(18-9-5-3-6-10-18)19-11-7-4-8-12-19;1-2-5-4-6(3-1)7-5/h3-12,15,20,22H,13-14H2,1-2H3,(H,25,28);1-4H. The number of nitrogens with one attached hydrogen (secondary N) is 1. The van der Waals surface area contributed by atoms with Gasteiger partial charge in [0, 0.05) is 13.0 Å². The van der Waals surface area contributed by atoms with Crippen LogP contribution in [0.4, 0.5) is 0 Å². The molecule has 200 valence electrons. The number of rotatable bonds is 9. The smallest absolute Gasteiger partial charge is 0.356 e. The number of β-lactam (4-membered cyclic amide) rings is 1. The van der Waals surface area contributed by atoms with Crippen LogP contribution in [-0.2, 0) is 28.7 Å². The maximum Gasteiger partial charge on any atom is 0.356 e. The zero-order valence-corrected chi connectivity index (χ0v) is 21.5. The predicted octanol–water partition coefficient (Wildman–Crippen LogP) is 3.91. The highest BCUT2D eigenvalue weighted by molar-refractivity contribution is 6.00. The maximum atomic E-state index is 13.3. The highest BCUT2D eigenvalue weighted by Crippen LogP contribution is 2.33. The summed E-state index contributed by atoms with van der Waals surface area (Å²) in [5.41, 5.74) is 1.88. The van der Waals surface area contributed by atoms with Gasteiger partial charge in [0.1, 0.15) is 29.8 Å². The Morgan fingerprint density at radius 1 is 0.974 bits per heavy atom. The number of carbonyl (C=O) groups excluding carboxylic acids is 4. The molecule has 1 unspecified atom stereocenters. The summed E-state index contributed by atoms with van der Waals surface area (Å²) in [6.07, 6.45) is -0.706. The normalized spacial score (nSPS) is 15.3. The van der Waals surface area contributed by atoms with Crippen LogP contribution in [-0.4, -0.2) is 48.3 Å². The number of esters is 1.